The van der Waals surface area contributed by atoms with Gasteiger partial charge in [0.05, 0.1) is 30.0 Å². The van der Waals surface area contributed by atoms with Gasteiger partial charge in [-0.1, -0.05) is 0 Å². The number of hydrogen-bond donors (Lipinski definition) is 1. The second-order valence-corrected chi connectivity index (χ2v) is 9.97. The molecule has 5 rings (SSSR count). The number of halogens is 1. The van der Waals surface area contributed by atoms with Crippen LogP contribution in [0.4, 0.5) is 4.39 Å². The third kappa shape index (κ3) is 4.57. The van der Waals surface area contributed by atoms with E-state index in [1.807, 2.05) is 6.07 Å². The maximum Gasteiger partial charge on any atom is 0.348 e. The summed E-state index contributed by atoms with van der Waals surface area (Å²) in [6.45, 7) is 0.619. The number of rotatable bonds is 6. The van der Waals surface area contributed by atoms with Crippen LogP contribution in [0.25, 0.3) is 10.2 Å². The van der Waals surface area contributed by atoms with E-state index in [9.17, 15) is 14.3 Å². The van der Waals surface area contributed by atoms with Gasteiger partial charge >= 0.3 is 5.97 Å². The highest BCUT2D eigenvalue weighted by Crippen LogP contribution is 2.39. The van der Waals surface area contributed by atoms with Crippen molar-refractivity contribution in [1.29, 1.82) is 0 Å². The molecule has 0 aliphatic carbocycles. The summed E-state index contributed by atoms with van der Waals surface area (Å²) in [5.41, 5.74) is 1.28. The molecule has 1 N–H and O–H groups in total. The second kappa shape index (κ2) is 9.09. The van der Waals surface area contributed by atoms with Gasteiger partial charge in [0.15, 0.2) is 0 Å². The molecule has 0 spiro atoms. The lowest BCUT2D eigenvalue weighted by Gasteiger charge is -2.30. The van der Waals surface area contributed by atoms with Crippen molar-refractivity contribution < 1.29 is 28.5 Å². The zero-order valence-electron chi connectivity index (χ0n) is 17.6. The van der Waals surface area contributed by atoms with Gasteiger partial charge in [-0.2, -0.15) is 0 Å². The fraction of sp³-hybridized carbons (Fsp3) is 0.250. The Bertz CT molecular complexity index is 1320. The molecule has 6 nitrogen and oxygen atoms in total. The number of aromatic nitrogens is 1. The average Bonchev–Trinajstić information content (AvgIpc) is 3.45. The Morgan fingerprint density at radius 3 is 2.94 bits per heavy atom. The summed E-state index contributed by atoms with van der Waals surface area (Å²) in [4.78, 5) is 17.6. The standard InChI is InChI=1S/C24H20FNO5S2/c1-29-24(28)21-7-4-16(32-21)8-13-11-31-19-5-3-15(10-17(19)23(13)27)30-12-22-26-18-9-14(25)2-6-20(18)33-22/h2-7,9-10,13,23,27H,8,11-12H2,1H3. The van der Waals surface area contributed by atoms with Gasteiger partial charge in [-0.25, -0.2) is 14.2 Å². The fourth-order valence-corrected chi connectivity index (χ4v) is 5.68. The molecule has 0 saturated carbocycles. The van der Waals surface area contributed by atoms with E-state index in [2.05, 4.69) is 4.98 Å². The van der Waals surface area contributed by atoms with Crippen molar-refractivity contribution in [3.63, 3.8) is 0 Å². The van der Waals surface area contributed by atoms with Gasteiger partial charge in [-0.05, 0) is 48.9 Å². The number of benzene rings is 2. The number of thiophene rings is 1. The zero-order valence-corrected chi connectivity index (χ0v) is 19.2. The van der Waals surface area contributed by atoms with Crippen LogP contribution in [0.1, 0.15) is 31.2 Å². The van der Waals surface area contributed by atoms with Gasteiger partial charge < -0.3 is 19.3 Å². The van der Waals surface area contributed by atoms with Gasteiger partial charge in [0.2, 0.25) is 0 Å². The molecule has 0 fully saturated rings. The van der Waals surface area contributed by atoms with Crippen molar-refractivity contribution in [2.75, 3.05) is 13.7 Å². The number of nitrogens with zero attached hydrogens (tertiary/aromatic N) is 1. The molecule has 2 aromatic carbocycles. The van der Waals surface area contributed by atoms with Crippen LogP contribution in [-0.4, -0.2) is 29.8 Å². The molecule has 170 valence electrons. The molecule has 4 aromatic rings. The van der Waals surface area contributed by atoms with E-state index in [0.29, 0.717) is 40.5 Å². The van der Waals surface area contributed by atoms with E-state index < -0.39 is 6.10 Å². The van der Waals surface area contributed by atoms with Crippen molar-refractivity contribution in [2.45, 2.75) is 19.1 Å². The predicted molar refractivity (Wildman–Crippen MR) is 124 cm³/mol. The molecule has 0 bridgehead atoms. The van der Waals surface area contributed by atoms with Crippen LogP contribution in [0.15, 0.2) is 48.5 Å². The largest absolute Gasteiger partial charge is 0.493 e. The van der Waals surface area contributed by atoms with Crippen LogP contribution in [0.5, 0.6) is 11.5 Å². The molecule has 9 heteroatoms. The molecule has 0 amide bonds. The average molecular weight is 486 g/mol. The minimum Gasteiger partial charge on any atom is -0.493 e. The van der Waals surface area contributed by atoms with Gasteiger partial charge in [-0.15, -0.1) is 22.7 Å². The highest BCUT2D eigenvalue weighted by atomic mass is 32.1. The summed E-state index contributed by atoms with van der Waals surface area (Å²) in [5.74, 6) is 0.380. The molecule has 1 aliphatic rings. The topological polar surface area (TPSA) is 77.9 Å². The first kappa shape index (κ1) is 21.8. The van der Waals surface area contributed by atoms with Crippen LogP contribution in [-0.2, 0) is 17.8 Å². The molecule has 0 saturated heterocycles. The van der Waals surface area contributed by atoms with E-state index >= 15 is 0 Å². The number of methoxy groups -OCH3 is 1. The highest BCUT2D eigenvalue weighted by molar-refractivity contribution is 7.18. The third-order valence-electron chi connectivity index (χ3n) is 5.47. The molecule has 33 heavy (non-hydrogen) atoms. The van der Waals surface area contributed by atoms with Gasteiger partial charge in [0.1, 0.15) is 33.8 Å². The van der Waals surface area contributed by atoms with Gasteiger partial charge in [0, 0.05) is 22.4 Å². The third-order valence-corrected chi connectivity index (χ3v) is 7.56. The Kier molecular flexibility index (Phi) is 6.01. The minimum atomic E-state index is -0.730. The van der Waals surface area contributed by atoms with Crippen molar-refractivity contribution in [1.82, 2.24) is 4.98 Å². The van der Waals surface area contributed by atoms with Crippen LogP contribution < -0.4 is 9.47 Å². The molecular formula is C24H20FNO5S2. The van der Waals surface area contributed by atoms with Crippen molar-refractivity contribution in [3.8, 4) is 11.5 Å². The molecule has 3 heterocycles. The lowest BCUT2D eigenvalue weighted by atomic mass is 9.90. The number of carbonyl (C=O) groups is 1. The van der Waals surface area contributed by atoms with Crippen LogP contribution in [0.2, 0.25) is 0 Å². The Morgan fingerprint density at radius 1 is 1.21 bits per heavy atom. The van der Waals surface area contributed by atoms with Crippen molar-refractivity contribution in [2.24, 2.45) is 5.92 Å². The first-order valence-electron chi connectivity index (χ1n) is 10.3. The smallest absolute Gasteiger partial charge is 0.348 e. The predicted octanol–water partition coefficient (Wildman–Crippen LogP) is 5.15. The molecular weight excluding hydrogens is 465 g/mol. The van der Waals surface area contributed by atoms with Gasteiger partial charge in [0.25, 0.3) is 0 Å². The van der Waals surface area contributed by atoms with Crippen molar-refractivity contribution >= 4 is 38.9 Å². The van der Waals surface area contributed by atoms with Crippen LogP contribution in [0.3, 0.4) is 0 Å². The lowest BCUT2D eigenvalue weighted by Crippen LogP contribution is -2.27. The molecule has 2 atom stereocenters. The first-order chi connectivity index (χ1) is 16.0. The molecule has 2 unspecified atom stereocenters. The van der Waals surface area contributed by atoms with Crippen LogP contribution >= 0.6 is 22.7 Å². The number of thiazole rings is 1. The lowest BCUT2D eigenvalue weighted by molar-refractivity contribution is 0.0508. The number of ether oxygens (including phenoxy) is 3. The van der Waals surface area contributed by atoms with Crippen molar-refractivity contribution in [3.05, 3.63) is 74.7 Å². The summed E-state index contributed by atoms with van der Waals surface area (Å²) < 4.78 is 30.8. The highest BCUT2D eigenvalue weighted by Gasteiger charge is 2.30. The first-order valence-corrected chi connectivity index (χ1v) is 11.9. The number of fused-ring (bicyclic) bond motifs is 2. The van der Waals surface area contributed by atoms with E-state index in [0.717, 1.165) is 14.6 Å². The number of carbonyl (C=O) groups excluding carboxylic acids is 1. The summed E-state index contributed by atoms with van der Waals surface area (Å²) in [6, 6.07) is 13.5. The quantitative estimate of drug-likeness (QED) is 0.381. The maximum atomic E-state index is 13.4. The number of aliphatic hydroxyl groups is 1. The zero-order chi connectivity index (χ0) is 22.9. The number of hydrogen-bond acceptors (Lipinski definition) is 8. The Balaban J connectivity index is 1.28. The molecule has 1 aliphatic heterocycles. The van der Waals surface area contributed by atoms with E-state index in [-0.39, 0.29) is 24.3 Å². The van der Waals surface area contributed by atoms with E-state index in [1.165, 1.54) is 41.9 Å². The minimum absolute atomic E-state index is 0.156. The Labute approximate surface area is 197 Å². The summed E-state index contributed by atoms with van der Waals surface area (Å²) in [5, 5.41) is 11.7. The number of esters is 1. The van der Waals surface area contributed by atoms with Gasteiger partial charge in [-0.3, -0.25) is 0 Å². The Hall–Kier alpha value is -3.01. The molecule has 0 radical (unpaired) electrons. The SMILES string of the molecule is COC(=O)c1ccc(CC2COc3ccc(OCc4nc5cc(F)ccc5s4)cc3C2O)s1. The van der Waals surface area contributed by atoms with Crippen LogP contribution in [0, 0.1) is 11.7 Å². The summed E-state index contributed by atoms with van der Waals surface area (Å²) in [7, 11) is 1.35. The maximum absolute atomic E-state index is 13.4. The number of aliphatic hydroxyl groups excluding tert-OH is 1. The normalized spacial score (nSPS) is 17.4. The summed E-state index contributed by atoms with van der Waals surface area (Å²) >= 11 is 2.81. The monoisotopic (exact) mass is 485 g/mol. The second-order valence-electron chi connectivity index (χ2n) is 7.69. The fourth-order valence-electron chi connectivity index (χ4n) is 3.80. The van der Waals surface area contributed by atoms with E-state index in [4.69, 9.17) is 14.2 Å². The van der Waals surface area contributed by atoms with E-state index in [1.54, 1.807) is 30.3 Å². The Morgan fingerprint density at radius 2 is 2.09 bits per heavy atom. The molecule has 2 aromatic heterocycles. The summed E-state index contributed by atoms with van der Waals surface area (Å²) in [6.07, 6.45) is -0.151.